The monoisotopic (exact) mass is 322 g/mol. The van der Waals surface area contributed by atoms with Gasteiger partial charge in [-0.3, -0.25) is 0 Å². The van der Waals surface area contributed by atoms with Crippen molar-refractivity contribution in [1.29, 1.82) is 0 Å². The Hall–Kier alpha value is -1.20. The van der Waals surface area contributed by atoms with Crippen LogP contribution in [0.3, 0.4) is 0 Å². The maximum Gasteiger partial charge on any atom is 0.148 e. The predicted octanol–water partition coefficient (Wildman–Crippen LogP) is 3.14. The summed E-state index contributed by atoms with van der Waals surface area (Å²) in [5, 5.41) is 7.81. The fourth-order valence-electron chi connectivity index (χ4n) is 1.90. The van der Waals surface area contributed by atoms with E-state index in [4.69, 9.17) is 0 Å². The van der Waals surface area contributed by atoms with Gasteiger partial charge in [-0.05, 0) is 47.5 Å². The van der Waals surface area contributed by atoms with Gasteiger partial charge in [0.15, 0.2) is 0 Å². The summed E-state index contributed by atoms with van der Waals surface area (Å²) in [6.45, 7) is 9.01. The van der Waals surface area contributed by atoms with Gasteiger partial charge in [0.1, 0.15) is 11.6 Å². The van der Waals surface area contributed by atoms with Crippen molar-refractivity contribution in [1.82, 2.24) is 20.1 Å². The Bertz CT molecular complexity index is 575. The average Bonchev–Trinajstić information content (AvgIpc) is 2.66. The largest absolute Gasteiger partial charge is 0.310 e. The summed E-state index contributed by atoms with van der Waals surface area (Å²) < 4.78 is 2.89. The number of hydrogen-bond acceptors (Lipinski definition) is 3. The molecule has 0 saturated carbocycles. The molecule has 1 aromatic heterocycles. The van der Waals surface area contributed by atoms with Crippen LogP contribution in [0.5, 0.6) is 0 Å². The van der Waals surface area contributed by atoms with Crippen molar-refractivity contribution >= 4 is 15.9 Å². The number of hydrogen-bond donors (Lipinski definition) is 1. The SMILES string of the molecule is Cc1nc(C)n(-c2ccc(CNC(C)C)cc2Br)n1. The highest BCUT2D eigenvalue weighted by Crippen LogP contribution is 2.23. The van der Waals surface area contributed by atoms with Crippen molar-refractivity contribution in [3.63, 3.8) is 0 Å². The van der Waals surface area contributed by atoms with Gasteiger partial charge in [-0.2, -0.15) is 5.10 Å². The molecule has 19 heavy (non-hydrogen) atoms. The Morgan fingerprint density at radius 3 is 2.58 bits per heavy atom. The van der Waals surface area contributed by atoms with Crippen LogP contribution in [0.4, 0.5) is 0 Å². The zero-order valence-corrected chi connectivity index (χ0v) is 13.3. The molecule has 1 N–H and O–H groups in total. The molecule has 2 rings (SSSR count). The van der Waals surface area contributed by atoms with E-state index >= 15 is 0 Å². The first-order valence-corrected chi connectivity index (χ1v) is 7.19. The van der Waals surface area contributed by atoms with Crippen LogP contribution in [0, 0.1) is 13.8 Å². The average molecular weight is 323 g/mol. The van der Waals surface area contributed by atoms with Crippen LogP contribution in [-0.2, 0) is 6.54 Å². The highest BCUT2D eigenvalue weighted by molar-refractivity contribution is 9.10. The van der Waals surface area contributed by atoms with Gasteiger partial charge in [0, 0.05) is 17.1 Å². The van der Waals surface area contributed by atoms with Gasteiger partial charge in [0.25, 0.3) is 0 Å². The van der Waals surface area contributed by atoms with Crippen molar-refractivity contribution in [3.8, 4) is 5.69 Å². The summed E-state index contributed by atoms with van der Waals surface area (Å²) in [5.41, 5.74) is 2.27. The second-order valence-corrected chi connectivity index (χ2v) is 5.79. The minimum Gasteiger partial charge on any atom is -0.310 e. The molecule has 0 aliphatic carbocycles. The first-order chi connectivity index (χ1) is 8.97. The lowest BCUT2D eigenvalue weighted by atomic mass is 10.2. The van der Waals surface area contributed by atoms with Crippen molar-refractivity contribution in [2.24, 2.45) is 0 Å². The molecule has 102 valence electrons. The van der Waals surface area contributed by atoms with E-state index in [2.05, 4.69) is 63.4 Å². The molecule has 1 heterocycles. The van der Waals surface area contributed by atoms with E-state index in [1.54, 1.807) is 0 Å². The van der Waals surface area contributed by atoms with E-state index in [1.807, 2.05) is 18.5 Å². The maximum absolute atomic E-state index is 4.41. The molecule has 0 saturated heterocycles. The molecule has 0 spiro atoms. The van der Waals surface area contributed by atoms with Crippen molar-refractivity contribution in [2.45, 2.75) is 40.3 Å². The molecular formula is C14H19BrN4. The van der Waals surface area contributed by atoms with Gasteiger partial charge >= 0.3 is 0 Å². The van der Waals surface area contributed by atoms with E-state index < -0.39 is 0 Å². The first kappa shape index (κ1) is 14.2. The number of rotatable bonds is 4. The van der Waals surface area contributed by atoms with Gasteiger partial charge in [0.2, 0.25) is 0 Å². The van der Waals surface area contributed by atoms with E-state index in [1.165, 1.54) is 5.56 Å². The molecule has 0 amide bonds. The van der Waals surface area contributed by atoms with Crippen LogP contribution in [0.15, 0.2) is 22.7 Å². The minimum absolute atomic E-state index is 0.485. The molecule has 0 unspecified atom stereocenters. The van der Waals surface area contributed by atoms with E-state index in [9.17, 15) is 0 Å². The molecule has 2 aromatic rings. The molecule has 0 bridgehead atoms. The quantitative estimate of drug-likeness (QED) is 0.940. The summed E-state index contributed by atoms with van der Waals surface area (Å²) in [7, 11) is 0. The highest BCUT2D eigenvalue weighted by atomic mass is 79.9. The van der Waals surface area contributed by atoms with E-state index in [-0.39, 0.29) is 0 Å². The zero-order chi connectivity index (χ0) is 14.0. The Labute approximate surface area is 122 Å². The van der Waals surface area contributed by atoms with Gasteiger partial charge < -0.3 is 5.32 Å². The highest BCUT2D eigenvalue weighted by Gasteiger charge is 2.09. The Morgan fingerprint density at radius 1 is 1.32 bits per heavy atom. The van der Waals surface area contributed by atoms with Gasteiger partial charge in [0.05, 0.1) is 5.69 Å². The number of nitrogens with zero attached hydrogens (tertiary/aromatic N) is 3. The van der Waals surface area contributed by atoms with E-state index in [0.29, 0.717) is 6.04 Å². The second kappa shape index (κ2) is 5.84. The smallest absolute Gasteiger partial charge is 0.148 e. The molecule has 0 atom stereocenters. The first-order valence-electron chi connectivity index (χ1n) is 6.40. The molecule has 4 nitrogen and oxygen atoms in total. The number of nitrogens with one attached hydrogen (secondary N) is 1. The fourth-order valence-corrected chi connectivity index (χ4v) is 2.50. The summed E-state index contributed by atoms with van der Waals surface area (Å²) in [4.78, 5) is 4.33. The summed E-state index contributed by atoms with van der Waals surface area (Å²) >= 11 is 3.62. The molecule has 0 radical (unpaired) electrons. The lowest BCUT2D eigenvalue weighted by Crippen LogP contribution is -2.21. The Morgan fingerprint density at radius 2 is 2.05 bits per heavy atom. The van der Waals surface area contributed by atoms with Crippen LogP contribution in [0.1, 0.15) is 31.1 Å². The third-order valence-electron chi connectivity index (χ3n) is 2.83. The van der Waals surface area contributed by atoms with Crippen LogP contribution in [-0.4, -0.2) is 20.8 Å². The number of halogens is 1. The normalized spacial score (nSPS) is 11.3. The molecule has 5 heteroatoms. The van der Waals surface area contributed by atoms with Crippen molar-refractivity contribution in [3.05, 3.63) is 39.9 Å². The van der Waals surface area contributed by atoms with Crippen molar-refractivity contribution < 1.29 is 0 Å². The second-order valence-electron chi connectivity index (χ2n) is 4.94. The standard InChI is InChI=1S/C14H19BrN4/c1-9(2)16-8-12-5-6-14(13(15)7-12)19-11(4)17-10(3)18-19/h5-7,9,16H,8H2,1-4H3. The topological polar surface area (TPSA) is 42.7 Å². The zero-order valence-electron chi connectivity index (χ0n) is 11.7. The number of benzene rings is 1. The minimum atomic E-state index is 0.485. The third kappa shape index (κ3) is 3.42. The van der Waals surface area contributed by atoms with Crippen LogP contribution in [0.25, 0.3) is 5.69 Å². The van der Waals surface area contributed by atoms with Crippen LogP contribution < -0.4 is 5.32 Å². The summed E-state index contributed by atoms with van der Waals surface area (Å²) in [6, 6.07) is 6.80. The van der Waals surface area contributed by atoms with E-state index in [0.717, 1.165) is 28.4 Å². The lowest BCUT2D eigenvalue weighted by Gasteiger charge is -2.11. The number of aryl methyl sites for hydroxylation is 2. The third-order valence-corrected chi connectivity index (χ3v) is 3.46. The van der Waals surface area contributed by atoms with Gasteiger partial charge in [-0.15, -0.1) is 0 Å². The van der Waals surface area contributed by atoms with Gasteiger partial charge in [-0.25, -0.2) is 9.67 Å². The van der Waals surface area contributed by atoms with Crippen LogP contribution in [0.2, 0.25) is 0 Å². The summed E-state index contributed by atoms with van der Waals surface area (Å²) in [6.07, 6.45) is 0. The Balaban J connectivity index is 2.27. The van der Waals surface area contributed by atoms with Crippen molar-refractivity contribution in [2.75, 3.05) is 0 Å². The molecule has 0 aliphatic heterocycles. The predicted molar refractivity (Wildman–Crippen MR) is 80.5 cm³/mol. The molecular weight excluding hydrogens is 304 g/mol. The molecule has 1 aromatic carbocycles. The maximum atomic E-state index is 4.41. The summed E-state index contributed by atoms with van der Waals surface area (Å²) in [5.74, 6) is 1.68. The lowest BCUT2D eigenvalue weighted by molar-refractivity contribution is 0.588. The fraction of sp³-hybridized carbons (Fsp3) is 0.429. The molecule has 0 fully saturated rings. The van der Waals surface area contributed by atoms with Crippen LogP contribution >= 0.6 is 15.9 Å². The number of aromatic nitrogens is 3. The van der Waals surface area contributed by atoms with Gasteiger partial charge in [-0.1, -0.05) is 19.9 Å². The Kier molecular flexibility index (Phi) is 4.37. The molecule has 0 aliphatic rings.